The van der Waals surface area contributed by atoms with E-state index in [1.54, 1.807) is 7.11 Å². The van der Waals surface area contributed by atoms with Crippen LogP contribution in [-0.4, -0.2) is 32.3 Å². The fraction of sp³-hybridized carbons (Fsp3) is 0.625. The molecule has 1 aromatic carbocycles. The second kappa shape index (κ2) is 7.30. The highest BCUT2D eigenvalue weighted by molar-refractivity contribution is 6.30. The Bertz CT molecular complexity index is 432. The maximum absolute atomic E-state index is 6.20. The number of methoxy groups -OCH3 is 1. The van der Waals surface area contributed by atoms with Gasteiger partial charge in [-0.15, -0.1) is 0 Å². The van der Waals surface area contributed by atoms with Gasteiger partial charge >= 0.3 is 0 Å². The number of nitrogens with zero attached hydrogens (tertiary/aromatic N) is 1. The zero-order valence-corrected chi connectivity index (χ0v) is 13.4. The summed E-state index contributed by atoms with van der Waals surface area (Å²) in [6.45, 7) is 6.88. The molecule has 1 fully saturated rings. The highest BCUT2D eigenvalue weighted by atomic mass is 35.5. The van der Waals surface area contributed by atoms with Crippen LogP contribution in [0.4, 0.5) is 5.69 Å². The van der Waals surface area contributed by atoms with Crippen molar-refractivity contribution in [1.82, 2.24) is 5.32 Å². The van der Waals surface area contributed by atoms with Crippen molar-refractivity contribution in [3.05, 3.63) is 28.8 Å². The average Bonchev–Trinajstić information content (AvgIpc) is 3.22. The average molecular weight is 297 g/mol. The van der Waals surface area contributed by atoms with E-state index in [0.717, 1.165) is 24.7 Å². The van der Waals surface area contributed by atoms with Crippen molar-refractivity contribution in [3.8, 4) is 0 Å². The van der Waals surface area contributed by atoms with E-state index >= 15 is 0 Å². The summed E-state index contributed by atoms with van der Waals surface area (Å²) in [7, 11) is 1.75. The molecular weight excluding hydrogens is 272 g/mol. The van der Waals surface area contributed by atoms with Crippen molar-refractivity contribution in [3.63, 3.8) is 0 Å². The molecule has 1 aliphatic carbocycles. The lowest BCUT2D eigenvalue weighted by Crippen LogP contribution is -2.31. The maximum Gasteiger partial charge on any atom is 0.0637 e. The Kier molecular flexibility index (Phi) is 5.70. The second-order valence-corrected chi connectivity index (χ2v) is 6.16. The first-order valence-electron chi connectivity index (χ1n) is 7.39. The van der Waals surface area contributed by atoms with Crippen LogP contribution in [0.1, 0.15) is 32.3 Å². The minimum absolute atomic E-state index is 0.479. The van der Waals surface area contributed by atoms with E-state index in [0.29, 0.717) is 12.1 Å². The summed E-state index contributed by atoms with van der Waals surface area (Å²) in [4.78, 5) is 2.45. The van der Waals surface area contributed by atoms with E-state index in [4.69, 9.17) is 16.3 Å². The molecule has 1 aromatic rings. The lowest BCUT2D eigenvalue weighted by Gasteiger charge is -2.27. The molecule has 1 N–H and O–H groups in total. The quantitative estimate of drug-likeness (QED) is 0.795. The van der Waals surface area contributed by atoms with Gasteiger partial charge in [-0.3, -0.25) is 0 Å². The van der Waals surface area contributed by atoms with Crippen LogP contribution in [0.15, 0.2) is 18.2 Å². The Hall–Kier alpha value is -0.770. The first-order valence-corrected chi connectivity index (χ1v) is 7.77. The van der Waals surface area contributed by atoms with Crippen molar-refractivity contribution in [2.24, 2.45) is 0 Å². The smallest absolute Gasteiger partial charge is 0.0637 e. The van der Waals surface area contributed by atoms with Gasteiger partial charge < -0.3 is 15.0 Å². The molecule has 0 heterocycles. The fourth-order valence-corrected chi connectivity index (χ4v) is 2.51. The molecule has 0 aromatic heterocycles. The van der Waals surface area contributed by atoms with E-state index in [1.807, 2.05) is 6.07 Å². The zero-order valence-electron chi connectivity index (χ0n) is 12.7. The predicted molar refractivity (Wildman–Crippen MR) is 85.7 cm³/mol. The van der Waals surface area contributed by atoms with Gasteiger partial charge in [-0.25, -0.2) is 0 Å². The van der Waals surface area contributed by atoms with Gasteiger partial charge in [0.15, 0.2) is 0 Å². The minimum Gasteiger partial charge on any atom is -0.383 e. The normalized spacial score (nSPS) is 14.8. The Morgan fingerprint density at radius 3 is 2.75 bits per heavy atom. The molecule has 0 amide bonds. The third-order valence-electron chi connectivity index (χ3n) is 3.58. The van der Waals surface area contributed by atoms with Crippen molar-refractivity contribution in [1.29, 1.82) is 0 Å². The molecule has 0 saturated heterocycles. The van der Waals surface area contributed by atoms with Gasteiger partial charge in [-0.1, -0.05) is 31.5 Å². The van der Waals surface area contributed by atoms with E-state index < -0.39 is 0 Å². The molecule has 1 aliphatic rings. The van der Waals surface area contributed by atoms with Gasteiger partial charge in [-0.05, 0) is 30.5 Å². The molecule has 0 atom stereocenters. The van der Waals surface area contributed by atoms with Crippen molar-refractivity contribution in [2.45, 2.75) is 45.3 Å². The third kappa shape index (κ3) is 4.37. The van der Waals surface area contributed by atoms with E-state index in [1.165, 1.54) is 24.1 Å². The van der Waals surface area contributed by atoms with E-state index in [2.05, 4.69) is 36.2 Å². The van der Waals surface area contributed by atoms with Gasteiger partial charge in [-0.2, -0.15) is 0 Å². The number of rotatable bonds is 8. The number of hydrogen-bond acceptors (Lipinski definition) is 3. The monoisotopic (exact) mass is 296 g/mol. The standard InChI is InChI=1S/C16H25ClN2O/c1-12(2)18-11-13-4-5-14(17)10-16(13)19(8-9-20-3)15-6-7-15/h4-5,10,12,15,18H,6-9,11H2,1-3H3. The molecule has 1 saturated carbocycles. The topological polar surface area (TPSA) is 24.5 Å². The number of halogens is 1. The molecule has 3 nitrogen and oxygen atoms in total. The van der Waals surface area contributed by atoms with Gasteiger partial charge in [0.25, 0.3) is 0 Å². The molecule has 0 unspecified atom stereocenters. The number of ether oxygens (including phenoxy) is 1. The van der Waals surface area contributed by atoms with Crippen molar-refractivity contribution < 1.29 is 4.74 Å². The SMILES string of the molecule is COCCN(c1cc(Cl)ccc1CNC(C)C)C1CC1. The summed E-state index contributed by atoms with van der Waals surface area (Å²) < 4.78 is 5.25. The Morgan fingerprint density at radius 2 is 2.15 bits per heavy atom. The summed E-state index contributed by atoms with van der Waals surface area (Å²) in [5, 5.41) is 4.29. The summed E-state index contributed by atoms with van der Waals surface area (Å²) in [5.41, 5.74) is 2.57. The number of hydrogen-bond donors (Lipinski definition) is 1. The van der Waals surface area contributed by atoms with Crippen LogP contribution >= 0.6 is 11.6 Å². The molecule has 0 radical (unpaired) electrons. The first kappa shape index (κ1) is 15.6. The van der Waals surface area contributed by atoms with Crippen molar-refractivity contribution >= 4 is 17.3 Å². The van der Waals surface area contributed by atoms with Crippen LogP contribution in [0.25, 0.3) is 0 Å². The molecular formula is C16H25ClN2O. The van der Waals surface area contributed by atoms with Crippen molar-refractivity contribution in [2.75, 3.05) is 25.2 Å². The van der Waals surface area contributed by atoms with Gasteiger partial charge in [0.2, 0.25) is 0 Å². The highest BCUT2D eigenvalue weighted by Crippen LogP contribution is 2.34. The molecule has 0 spiro atoms. The third-order valence-corrected chi connectivity index (χ3v) is 3.82. The van der Waals surface area contributed by atoms with Crippen LogP contribution in [0.5, 0.6) is 0 Å². The largest absolute Gasteiger partial charge is 0.383 e. The summed E-state index contributed by atoms with van der Waals surface area (Å²) in [5.74, 6) is 0. The van der Waals surface area contributed by atoms with Crippen LogP contribution in [0.3, 0.4) is 0 Å². The lowest BCUT2D eigenvalue weighted by atomic mass is 10.1. The minimum atomic E-state index is 0.479. The molecule has 0 aliphatic heterocycles. The Balaban J connectivity index is 2.19. The molecule has 112 valence electrons. The number of anilines is 1. The van der Waals surface area contributed by atoms with Gasteiger partial charge in [0.05, 0.1) is 6.61 Å². The Labute approximate surface area is 127 Å². The summed E-state index contributed by atoms with van der Waals surface area (Å²) in [6.07, 6.45) is 2.54. The van der Waals surface area contributed by atoms with Crippen LogP contribution in [-0.2, 0) is 11.3 Å². The predicted octanol–water partition coefficient (Wildman–Crippen LogP) is 3.45. The first-order chi connectivity index (χ1) is 9.61. The van der Waals surface area contributed by atoms with E-state index in [9.17, 15) is 0 Å². The maximum atomic E-state index is 6.20. The zero-order chi connectivity index (χ0) is 14.5. The highest BCUT2D eigenvalue weighted by Gasteiger charge is 2.30. The second-order valence-electron chi connectivity index (χ2n) is 5.73. The van der Waals surface area contributed by atoms with Gasteiger partial charge in [0.1, 0.15) is 0 Å². The molecule has 0 bridgehead atoms. The summed E-state index contributed by atoms with van der Waals surface area (Å²) >= 11 is 6.20. The van der Waals surface area contributed by atoms with Crippen LogP contribution < -0.4 is 10.2 Å². The number of benzene rings is 1. The van der Waals surface area contributed by atoms with E-state index in [-0.39, 0.29) is 0 Å². The number of nitrogens with one attached hydrogen (secondary N) is 1. The molecule has 4 heteroatoms. The molecule has 20 heavy (non-hydrogen) atoms. The summed E-state index contributed by atoms with van der Waals surface area (Å²) in [6, 6.07) is 7.33. The lowest BCUT2D eigenvalue weighted by molar-refractivity contribution is 0.205. The molecule has 2 rings (SSSR count). The fourth-order valence-electron chi connectivity index (χ4n) is 2.34. The Morgan fingerprint density at radius 1 is 1.40 bits per heavy atom. The van der Waals surface area contributed by atoms with Crippen LogP contribution in [0.2, 0.25) is 5.02 Å². The van der Waals surface area contributed by atoms with Crippen LogP contribution in [0, 0.1) is 0 Å². The van der Waals surface area contributed by atoms with Gasteiger partial charge in [0, 0.05) is 43.0 Å².